The standard InChI is InChI=1S/C13H11Cl2NO/c1-9(17)11-4-5-16(8-11)7-10-2-3-12(14)13(15)6-10/h2-6,8H,7H2,1H3. The summed E-state index contributed by atoms with van der Waals surface area (Å²) in [5.41, 5.74) is 1.76. The molecule has 0 aliphatic heterocycles. The molecule has 1 aromatic carbocycles. The number of rotatable bonds is 3. The predicted molar refractivity (Wildman–Crippen MR) is 70.0 cm³/mol. The van der Waals surface area contributed by atoms with Crippen molar-refractivity contribution in [2.75, 3.05) is 0 Å². The smallest absolute Gasteiger partial charge is 0.161 e. The number of hydrogen-bond donors (Lipinski definition) is 0. The van der Waals surface area contributed by atoms with Crippen LogP contribution < -0.4 is 0 Å². The van der Waals surface area contributed by atoms with E-state index >= 15 is 0 Å². The van der Waals surface area contributed by atoms with Crippen molar-refractivity contribution in [3.63, 3.8) is 0 Å². The molecule has 2 aromatic rings. The number of carbonyl (C=O) groups excluding carboxylic acids is 1. The monoisotopic (exact) mass is 267 g/mol. The first kappa shape index (κ1) is 12.2. The van der Waals surface area contributed by atoms with E-state index in [1.54, 1.807) is 19.1 Å². The lowest BCUT2D eigenvalue weighted by atomic mass is 10.2. The topological polar surface area (TPSA) is 22.0 Å². The number of Topliss-reactive ketones (excluding diaryl/α,β-unsaturated/α-hetero) is 1. The predicted octanol–water partition coefficient (Wildman–Crippen LogP) is 4.05. The van der Waals surface area contributed by atoms with E-state index in [-0.39, 0.29) is 5.78 Å². The Morgan fingerprint density at radius 3 is 2.59 bits per heavy atom. The SMILES string of the molecule is CC(=O)c1ccn(Cc2ccc(Cl)c(Cl)c2)c1. The maximum absolute atomic E-state index is 11.2. The van der Waals surface area contributed by atoms with Crippen molar-refractivity contribution < 1.29 is 4.79 Å². The molecule has 0 bridgehead atoms. The molecular weight excluding hydrogens is 257 g/mol. The van der Waals surface area contributed by atoms with E-state index in [1.807, 2.05) is 29.1 Å². The molecule has 4 heteroatoms. The number of ketones is 1. The quantitative estimate of drug-likeness (QED) is 0.770. The molecule has 0 saturated carbocycles. The fourth-order valence-electron chi connectivity index (χ4n) is 1.60. The van der Waals surface area contributed by atoms with Crippen molar-refractivity contribution >= 4 is 29.0 Å². The zero-order chi connectivity index (χ0) is 12.4. The highest BCUT2D eigenvalue weighted by atomic mass is 35.5. The van der Waals surface area contributed by atoms with Gasteiger partial charge in [-0.05, 0) is 30.7 Å². The van der Waals surface area contributed by atoms with Gasteiger partial charge in [0.15, 0.2) is 5.78 Å². The van der Waals surface area contributed by atoms with Gasteiger partial charge in [-0.2, -0.15) is 0 Å². The molecule has 1 aromatic heterocycles. The molecule has 0 aliphatic rings. The number of aromatic nitrogens is 1. The highest BCUT2D eigenvalue weighted by molar-refractivity contribution is 6.42. The van der Waals surface area contributed by atoms with Gasteiger partial charge in [0.1, 0.15) is 0 Å². The van der Waals surface area contributed by atoms with Gasteiger partial charge in [0.2, 0.25) is 0 Å². The largest absolute Gasteiger partial charge is 0.349 e. The van der Waals surface area contributed by atoms with Gasteiger partial charge in [0, 0.05) is 24.5 Å². The summed E-state index contributed by atoms with van der Waals surface area (Å²) in [6.07, 6.45) is 3.70. The number of halogens is 2. The van der Waals surface area contributed by atoms with Crippen LogP contribution in [0.2, 0.25) is 10.0 Å². The second-order valence-corrected chi connectivity index (χ2v) is 4.69. The van der Waals surface area contributed by atoms with Crippen molar-refractivity contribution in [1.29, 1.82) is 0 Å². The third-order valence-corrected chi connectivity index (χ3v) is 3.25. The van der Waals surface area contributed by atoms with Crippen LogP contribution in [0.15, 0.2) is 36.7 Å². The van der Waals surface area contributed by atoms with Crippen LogP contribution in [-0.4, -0.2) is 10.4 Å². The molecule has 0 atom stereocenters. The Labute approximate surface area is 110 Å². The van der Waals surface area contributed by atoms with Gasteiger partial charge in [0.25, 0.3) is 0 Å². The van der Waals surface area contributed by atoms with E-state index in [4.69, 9.17) is 23.2 Å². The number of benzene rings is 1. The maximum atomic E-state index is 11.2. The number of carbonyl (C=O) groups is 1. The Kier molecular flexibility index (Phi) is 3.55. The average Bonchev–Trinajstić information content (AvgIpc) is 2.72. The second-order valence-electron chi connectivity index (χ2n) is 3.88. The molecule has 0 unspecified atom stereocenters. The van der Waals surface area contributed by atoms with Gasteiger partial charge >= 0.3 is 0 Å². The molecule has 88 valence electrons. The summed E-state index contributed by atoms with van der Waals surface area (Å²) < 4.78 is 1.94. The fraction of sp³-hybridized carbons (Fsp3) is 0.154. The molecular formula is C13H11Cl2NO. The highest BCUT2D eigenvalue weighted by Crippen LogP contribution is 2.23. The Bertz CT molecular complexity index is 560. The molecule has 17 heavy (non-hydrogen) atoms. The molecule has 0 fully saturated rings. The maximum Gasteiger partial charge on any atom is 0.161 e. The van der Waals surface area contributed by atoms with E-state index in [9.17, 15) is 4.79 Å². The van der Waals surface area contributed by atoms with Gasteiger partial charge in [0.05, 0.1) is 10.0 Å². The van der Waals surface area contributed by atoms with Crippen LogP contribution in [0.4, 0.5) is 0 Å². The summed E-state index contributed by atoms with van der Waals surface area (Å²) in [4.78, 5) is 11.2. The summed E-state index contributed by atoms with van der Waals surface area (Å²) in [5.74, 6) is 0.0675. The lowest BCUT2D eigenvalue weighted by molar-refractivity contribution is 0.101. The minimum absolute atomic E-state index is 0.0675. The Morgan fingerprint density at radius 1 is 1.24 bits per heavy atom. The lowest BCUT2D eigenvalue weighted by Gasteiger charge is -2.04. The summed E-state index contributed by atoms with van der Waals surface area (Å²) in [6, 6.07) is 7.33. The number of nitrogens with zero attached hydrogens (tertiary/aromatic N) is 1. The summed E-state index contributed by atoms with van der Waals surface area (Å²) in [6.45, 7) is 2.23. The Balaban J connectivity index is 2.19. The third-order valence-electron chi connectivity index (χ3n) is 2.51. The van der Waals surface area contributed by atoms with E-state index < -0.39 is 0 Å². The van der Waals surface area contributed by atoms with E-state index in [2.05, 4.69) is 0 Å². The van der Waals surface area contributed by atoms with E-state index in [0.29, 0.717) is 22.2 Å². The van der Waals surface area contributed by atoms with Gasteiger partial charge < -0.3 is 4.57 Å². The molecule has 0 aliphatic carbocycles. The first-order valence-corrected chi connectivity index (χ1v) is 5.92. The zero-order valence-electron chi connectivity index (χ0n) is 9.28. The van der Waals surface area contributed by atoms with Crippen LogP contribution in [0.1, 0.15) is 22.8 Å². The van der Waals surface area contributed by atoms with Crippen molar-refractivity contribution in [2.45, 2.75) is 13.5 Å². The minimum Gasteiger partial charge on any atom is -0.349 e. The van der Waals surface area contributed by atoms with Gasteiger partial charge in [-0.25, -0.2) is 0 Å². The molecule has 1 heterocycles. The fourth-order valence-corrected chi connectivity index (χ4v) is 1.92. The van der Waals surface area contributed by atoms with E-state index in [1.165, 1.54) is 0 Å². The van der Waals surface area contributed by atoms with Gasteiger partial charge in [-0.3, -0.25) is 4.79 Å². The first-order chi connectivity index (χ1) is 8.06. The first-order valence-electron chi connectivity index (χ1n) is 5.17. The summed E-state index contributed by atoms with van der Waals surface area (Å²) in [5, 5.41) is 1.09. The van der Waals surface area contributed by atoms with Crippen LogP contribution in [0.5, 0.6) is 0 Å². The van der Waals surface area contributed by atoms with Crippen molar-refractivity contribution in [2.24, 2.45) is 0 Å². The molecule has 0 radical (unpaired) electrons. The summed E-state index contributed by atoms with van der Waals surface area (Å²) >= 11 is 11.8. The molecule has 0 saturated heterocycles. The normalized spacial score (nSPS) is 10.5. The third kappa shape index (κ3) is 2.90. The van der Waals surface area contributed by atoms with E-state index in [0.717, 1.165) is 5.56 Å². The van der Waals surface area contributed by atoms with Crippen LogP contribution in [0, 0.1) is 0 Å². The Hall–Kier alpha value is -1.25. The molecule has 2 rings (SSSR count). The van der Waals surface area contributed by atoms with Crippen molar-refractivity contribution in [3.05, 3.63) is 57.8 Å². The molecule has 2 nitrogen and oxygen atoms in total. The van der Waals surface area contributed by atoms with Crippen LogP contribution >= 0.6 is 23.2 Å². The van der Waals surface area contributed by atoms with Crippen molar-refractivity contribution in [1.82, 2.24) is 4.57 Å². The minimum atomic E-state index is 0.0675. The summed E-state index contributed by atoms with van der Waals surface area (Å²) in [7, 11) is 0. The second kappa shape index (κ2) is 4.94. The molecule has 0 amide bonds. The average molecular weight is 268 g/mol. The molecule has 0 N–H and O–H groups in total. The van der Waals surface area contributed by atoms with Crippen LogP contribution in [0.3, 0.4) is 0 Å². The zero-order valence-corrected chi connectivity index (χ0v) is 10.8. The highest BCUT2D eigenvalue weighted by Gasteiger charge is 2.03. The van der Waals surface area contributed by atoms with Gasteiger partial charge in [-0.15, -0.1) is 0 Å². The lowest BCUT2D eigenvalue weighted by Crippen LogP contribution is -1.97. The van der Waals surface area contributed by atoms with Crippen LogP contribution in [-0.2, 0) is 6.54 Å². The van der Waals surface area contributed by atoms with Gasteiger partial charge in [-0.1, -0.05) is 29.3 Å². The molecule has 0 spiro atoms. The number of hydrogen-bond acceptors (Lipinski definition) is 1. The Morgan fingerprint density at radius 2 is 2.00 bits per heavy atom. The van der Waals surface area contributed by atoms with Crippen molar-refractivity contribution in [3.8, 4) is 0 Å². The van der Waals surface area contributed by atoms with Crippen LogP contribution in [0.25, 0.3) is 0 Å².